The van der Waals surface area contributed by atoms with Gasteiger partial charge in [0.15, 0.2) is 12.4 Å². The number of rotatable bonds is 5. The Kier molecular flexibility index (Phi) is 5.43. The second kappa shape index (κ2) is 7.92. The number of nitro groups is 1. The van der Waals surface area contributed by atoms with E-state index in [2.05, 4.69) is 0 Å². The summed E-state index contributed by atoms with van der Waals surface area (Å²) < 4.78 is 24.0. The van der Waals surface area contributed by atoms with Crippen LogP contribution in [0.2, 0.25) is 0 Å². The molecule has 136 valence electrons. The molecule has 2 aromatic rings. The van der Waals surface area contributed by atoms with E-state index in [4.69, 9.17) is 9.47 Å². The second-order valence-corrected chi connectivity index (χ2v) is 5.76. The molecule has 2 aromatic carbocycles. The lowest BCUT2D eigenvalue weighted by atomic mass is 10.1. The number of ether oxygens (including phenoxy) is 2. The Balaban J connectivity index is 1.61. The Labute approximate surface area is 149 Å². The van der Waals surface area contributed by atoms with E-state index in [0.717, 1.165) is 5.56 Å². The molecule has 0 aromatic heterocycles. The minimum absolute atomic E-state index is 0.0502. The quantitative estimate of drug-likeness (QED) is 0.605. The van der Waals surface area contributed by atoms with E-state index in [-0.39, 0.29) is 35.9 Å². The number of halogens is 1. The Morgan fingerprint density at radius 3 is 2.73 bits per heavy atom. The van der Waals surface area contributed by atoms with Gasteiger partial charge in [-0.1, -0.05) is 24.3 Å². The molecule has 1 heterocycles. The summed E-state index contributed by atoms with van der Waals surface area (Å²) in [4.78, 5) is 24.4. The molecule has 1 aliphatic rings. The molecule has 0 N–H and O–H groups in total. The van der Waals surface area contributed by atoms with E-state index in [1.165, 1.54) is 30.3 Å². The maximum atomic E-state index is 13.0. The van der Waals surface area contributed by atoms with Gasteiger partial charge in [-0.15, -0.1) is 0 Å². The van der Waals surface area contributed by atoms with Crippen LogP contribution >= 0.6 is 0 Å². The van der Waals surface area contributed by atoms with Gasteiger partial charge in [0.25, 0.3) is 5.91 Å². The van der Waals surface area contributed by atoms with Gasteiger partial charge in [-0.2, -0.15) is 0 Å². The zero-order valence-corrected chi connectivity index (χ0v) is 13.8. The van der Waals surface area contributed by atoms with Crippen LogP contribution in [0.5, 0.6) is 5.75 Å². The lowest BCUT2D eigenvalue weighted by Crippen LogP contribution is -2.44. The van der Waals surface area contributed by atoms with Crippen molar-refractivity contribution in [3.8, 4) is 5.75 Å². The number of carbonyl (C=O) groups excluding carboxylic acids is 1. The van der Waals surface area contributed by atoms with Crippen molar-refractivity contribution >= 4 is 11.6 Å². The largest absolute Gasteiger partial charge is 0.477 e. The van der Waals surface area contributed by atoms with Crippen LogP contribution < -0.4 is 4.74 Å². The SMILES string of the molecule is O=C(COc1ccccc1[N+](=O)[O-])N1CCO[C@@H](c2ccc(F)cc2)C1. The standard InChI is InChI=1S/C18H17FN2O5/c19-14-7-5-13(6-8-14)17-11-20(9-10-25-17)18(22)12-26-16-4-2-1-3-15(16)21(23)24/h1-8,17H,9-12H2/t17-/m1/s1. The lowest BCUT2D eigenvalue weighted by molar-refractivity contribution is -0.385. The van der Waals surface area contributed by atoms with E-state index < -0.39 is 4.92 Å². The fourth-order valence-electron chi connectivity index (χ4n) is 2.72. The third kappa shape index (κ3) is 4.15. The highest BCUT2D eigenvalue weighted by molar-refractivity contribution is 5.78. The molecular weight excluding hydrogens is 343 g/mol. The molecule has 1 fully saturated rings. The van der Waals surface area contributed by atoms with Crippen LogP contribution in [0.15, 0.2) is 48.5 Å². The Hall–Kier alpha value is -3.00. The molecule has 26 heavy (non-hydrogen) atoms. The van der Waals surface area contributed by atoms with Crippen LogP contribution in [-0.4, -0.2) is 42.0 Å². The highest BCUT2D eigenvalue weighted by Gasteiger charge is 2.26. The van der Waals surface area contributed by atoms with Gasteiger partial charge in [0.05, 0.1) is 18.1 Å². The highest BCUT2D eigenvalue weighted by atomic mass is 19.1. The van der Waals surface area contributed by atoms with Gasteiger partial charge in [0.1, 0.15) is 11.9 Å². The number of morpholine rings is 1. The van der Waals surface area contributed by atoms with E-state index >= 15 is 0 Å². The van der Waals surface area contributed by atoms with Crippen molar-refractivity contribution in [1.29, 1.82) is 0 Å². The number of amides is 1. The molecule has 0 unspecified atom stereocenters. The summed E-state index contributed by atoms with van der Waals surface area (Å²) >= 11 is 0. The summed E-state index contributed by atoms with van der Waals surface area (Å²) in [7, 11) is 0. The summed E-state index contributed by atoms with van der Waals surface area (Å²) in [6.07, 6.45) is -0.348. The number of carbonyl (C=O) groups is 1. The normalized spacial score (nSPS) is 17.0. The summed E-state index contributed by atoms with van der Waals surface area (Å²) in [5.41, 5.74) is 0.593. The number of hydrogen-bond acceptors (Lipinski definition) is 5. The van der Waals surface area contributed by atoms with Crippen molar-refractivity contribution in [3.05, 3.63) is 70.0 Å². The van der Waals surface area contributed by atoms with Gasteiger partial charge in [-0.25, -0.2) is 4.39 Å². The minimum atomic E-state index is -0.556. The van der Waals surface area contributed by atoms with Crippen LogP contribution in [-0.2, 0) is 9.53 Å². The molecule has 1 saturated heterocycles. The summed E-state index contributed by atoms with van der Waals surface area (Å²) in [5, 5.41) is 11.0. The first-order valence-electron chi connectivity index (χ1n) is 8.05. The van der Waals surface area contributed by atoms with E-state index in [1.54, 1.807) is 23.1 Å². The molecule has 0 radical (unpaired) electrons. The second-order valence-electron chi connectivity index (χ2n) is 5.76. The van der Waals surface area contributed by atoms with Gasteiger partial charge in [-0.05, 0) is 23.8 Å². The fraction of sp³-hybridized carbons (Fsp3) is 0.278. The number of hydrogen-bond donors (Lipinski definition) is 0. The average Bonchev–Trinajstić information content (AvgIpc) is 2.67. The van der Waals surface area contributed by atoms with Crippen molar-refractivity contribution in [2.75, 3.05) is 26.3 Å². The van der Waals surface area contributed by atoms with Crippen molar-refractivity contribution < 1.29 is 23.6 Å². The summed E-state index contributed by atoms with van der Waals surface area (Å²) in [6.45, 7) is 0.752. The molecule has 0 saturated carbocycles. The number of para-hydroxylation sites is 2. The van der Waals surface area contributed by atoms with E-state index in [0.29, 0.717) is 19.7 Å². The van der Waals surface area contributed by atoms with Crippen LogP contribution in [0.3, 0.4) is 0 Å². The number of benzene rings is 2. The maximum absolute atomic E-state index is 13.0. The molecule has 0 spiro atoms. The third-order valence-corrected chi connectivity index (χ3v) is 4.07. The van der Waals surface area contributed by atoms with Crippen LogP contribution in [0, 0.1) is 15.9 Å². The summed E-state index contributed by atoms with van der Waals surface area (Å²) in [5.74, 6) is -0.580. The van der Waals surface area contributed by atoms with Gasteiger partial charge in [-0.3, -0.25) is 14.9 Å². The zero-order valence-electron chi connectivity index (χ0n) is 13.8. The molecule has 1 aliphatic heterocycles. The molecule has 0 bridgehead atoms. The van der Waals surface area contributed by atoms with Crippen molar-refractivity contribution in [3.63, 3.8) is 0 Å². The first-order valence-corrected chi connectivity index (χ1v) is 8.05. The third-order valence-electron chi connectivity index (χ3n) is 4.07. The molecule has 0 aliphatic carbocycles. The molecule has 1 atom stereocenters. The highest BCUT2D eigenvalue weighted by Crippen LogP contribution is 2.26. The molecule has 1 amide bonds. The smallest absolute Gasteiger partial charge is 0.310 e. The monoisotopic (exact) mass is 360 g/mol. The van der Waals surface area contributed by atoms with Gasteiger partial charge in [0.2, 0.25) is 0 Å². The predicted molar refractivity (Wildman–Crippen MR) is 90.3 cm³/mol. The maximum Gasteiger partial charge on any atom is 0.310 e. The van der Waals surface area contributed by atoms with Gasteiger partial charge < -0.3 is 14.4 Å². The lowest BCUT2D eigenvalue weighted by Gasteiger charge is -2.33. The predicted octanol–water partition coefficient (Wildman–Crippen LogP) is 2.71. The van der Waals surface area contributed by atoms with Crippen LogP contribution in [0.4, 0.5) is 10.1 Å². The first-order chi connectivity index (χ1) is 12.5. The molecule has 8 heteroatoms. The van der Waals surface area contributed by atoms with Gasteiger partial charge >= 0.3 is 5.69 Å². The molecule has 7 nitrogen and oxygen atoms in total. The fourth-order valence-corrected chi connectivity index (χ4v) is 2.72. The topological polar surface area (TPSA) is 81.9 Å². The Morgan fingerprint density at radius 2 is 2.00 bits per heavy atom. The van der Waals surface area contributed by atoms with Crippen molar-refractivity contribution in [2.45, 2.75) is 6.10 Å². The Morgan fingerprint density at radius 1 is 1.27 bits per heavy atom. The Bertz CT molecular complexity index is 796. The van der Waals surface area contributed by atoms with Crippen LogP contribution in [0.1, 0.15) is 11.7 Å². The molecular formula is C18H17FN2O5. The average molecular weight is 360 g/mol. The first kappa shape index (κ1) is 17.8. The van der Waals surface area contributed by atoms with Crippen molar-refractivity contribution in [1.82, 2.24) is 4.90 Å². The number of nitro benzene ring substituents is 1. The van der Waals surface area contributed by atoms with E-state index in [9.17, 15) is 19.3 Å². The van der Waals surface area contributed by atoms with Gasteiger partial charge in [0, 0.05) is 12.6 Å². The zero-order chi connectivity index (χ0) is 18.5. The van der Waals surface area contributed by atoms with Crippen LogP contribution in [0.25, 0.3) is 0 Å². The number of nitrogens with zero attached hydrogens (tertiary/aromatic N) is 2. The molecule has 3 rings (SSSR count). The summed E-state index contributed by atoms with van der Waals surface area (Å²) in [6, 6.07) is 11.8. The van der Waals surface area contributed by atoms with E-state index in [1.807, 2.05) is 0 Å². The minimum Gasteiger partial charge on any atom is -0.477 e. The van der Waals surface area contributed by atoms with Crippen molar-refractivity contribution in [2.24, 2.45) is 0 Å².